The second kappa shape index (κ2) is 8.65. The van der Waals surface area contributed by atoms with Gasteiger partial charge in [-0.25, -0.2) is 4.79 Å². The predicted molar refractivity (Wildman–Crippen MR) is 137 cm³/mol. The van der Waals surface area contributed by atoms with Crippen LogP contribution in [-0.2, 0) is 15.1 Å². The first-order chi connectivity index (χ1) is 16.2. The number of ether oxygens (including phenoxy) is 1. The van der Waals surface area contributed by atoms with Crippen molar-refractivity contribution in [3.63, 3.8) is 0 Å². The molecule has 0 saturated heterocycles. The van der Waals surface area contributed by atoms with Crippen LogP contribution in [-0.4, -0.2) is 36.4 Å². The monoisotopic (exact) mass is 504 g/mol. The number of nitrogens with one attached hydrogen (secondary N) is 2. The van der Waals surface area contributed by atoms with Gasteiger partial charge < -0.3 is 20.5 Å². The van der Waals surface area contributed by atoms with Crippen LogP contribution in [0, 0.1) is 28.6 Å². The van der Waals surface area contributed by atoms with Crippen molar-refractivity contribution in [2.24, 2.45) is 28.6 Å². The fraction of sp³-hybridized carbons (Fsp3) is 0.714. The van der Waals surface area contributed by atoms with Crippen LogP contribution in [0.1, 0.15) is 84.3 Å². The summed E-state index contributed by atoms with van der Waals surface area (Å²) in [6, 6.07) is 5.83. The van der Waals surface area contributed by atoms with Crippen LogP contribution in [0.5, 0.6) is 0 Å². The molecule has 2 amide bonds. The molecule has 4 saturated carbocycles. The number of amides is 2. The van der Waals surface area contributed by atoms with E-state index in [1.807, 2.05) is 26.8 Å². The van der Waals surface area contributed by atoms with E-state index in [1.54, 1.807) is 0 Å². The molecule has 1 aromatic carbocycles. The number of halogens is 1. The van der Waals surface area contributed by atoms with Gasteiger partial charge in [-0.05, 0) is 73.0 Å². The number of aliphatic hydroxyl groups is 1. The molecule has 2 bridgehead atoms. The van der Waals surface area contributed by atoms with Crippen LogP contribution >= 0.6 is 11.6 Å². The Bertz CT molecular complexity index is 997. The average molecular weight is 505 g/mol. The van der Waals surface area contributed by atoms with Crippen molar-refractivity contribution in [2.45, 2.75) is 84.2 Å². The summed E-state index contributed by atoms with van der Waals surface area (Å²) in [6.45, 7) is 12.8. The Morgan fingerprint density at radius 1 is 1.20 bits per heavy atom. The molecular weight excluding hydrogens is 464 g/mol. The van der Waals surface area contributed by atoms with Crippen molar-refractivity contribution in [3.8, 4) is 0 Å². The Hall–Kier alpha value is -1.79. The maximum absolute atomic E-state index is 13.2. The number of aliphatic hydroxyl groups excluding tert-OH is 1. The molecule has 4 atom stereocenters. The van der Waals surface area contributed by atoms with E-state index in [0.717, 1.165) is 17.5 Å². The van der Waals surface area contributed by atoms with Crippen LogP contribution in [0.25, 0.3) is 0 Å². The third kappa shape index (κ3) is 4.46. The molecule has 4 aliphatic rings. The van der Waals surface area contributed by atoms with Crippen LogP contribution in [0.3, 0.4) is 0 Å². The molecule has 3 N–H and O–H groups in total. The van der Waals surface area contributed by atoms with Gasteiger partial charge in [-0.1, -0.05) is 58.4 Å². The molecule has 4 fully saturated rings. The number of hydrogen-bond donors (Lipinski definition) is 3. The first-order valence-corrected chi connectivity index (χ1v) is 13.2. The summed E-state index contributed by atoms with van der Waals surface area (Å²) in [5.74, 6) is 0.793. The normalized spacial score (nSPS) is 31.5. The Morgan fingerprint density at radius 2 is 1.83 bits per heavy atom. The number of urea groups is 1. The van der Waals surface area contributed by atoms with E-state index in [9.17, 15) is 14.7 Å². The lowest BCUT2D eigenvalue weighted by Crippen LogP contribution is -2.78. The van der Waals surface area contributed by atoms with Gasteiger partial charge in [-0.15, -0.1) is 0 Å². The van der Waals surface area contributed by atoms with Crippen LogP contribution in [0.4, 0.5) is 4.79 Å². The third-order valence-electron chi connectivity index (χ3n) is 9.05. The molecule has 5 rings (SSSR count). The second-order valence-electron chi connectivity index (χ2n) is 12.9. The zero-order chi connectivity index (χ0) is 26.0. The highest BCUT2D eigenvalue weighted by atomic mass is 35.5. The number of esters is 1. The van der Waals surface area contributed by atoms with Gasteiger partial charge in [0.2, 0.25) is 0 Å². The van der Waals surface area contributed by atoms with E-state index in [-0.39, 0.29) is 41.4 Å². The molecule has 6 nitrogen and oxygen atoms in total. The third-order valence-corrected chi connectivity index (χ3v) is 9.37. The molecule has 35 heavy (non-hydrogen) atoms. The summed E-state index contributed by atoms with van der Waals surface area (Å²) in [7, 11) is 1.41. The topological polar surface area (TPSA) is 87.7 Å². The molecule has 0 spiro atoms. The van der Waals surface area contributed by atoms with E-state index in [4.69, 9.17) is 16.3 Å². The quantitative estimate of drug-likeness (QED) is 0.415. The lowest BCUT2D eigenvalue weighted by Gasteiger charge is -2.68. The fourth-order valence-corrected chi connectivity index (χ4v) is 7.27. The first kappa shape index (κ1) is 26.3. The van der Waals surface area contributed by atoms with Crippen molar-refractivity contribution in [1.82, 2.24) is 10.6 Å². The molecule has 0 heterocycles. The minimum atomic E-state index is -0.828. The highest BCUT2D eigenvalue weighted by Crippen LogP contribution is 2.67. The summed E-state index contributed by atoms with van der Waals surface area (Å²) >= 11 is 6.82. The van der Waals surface area contributed by atoms with Crippen molar-refractivity contribution in [2.75, 3.05) is 13.7 Å². The first-order valence-electron chi connectivity index (χ1n) is 12.8. The summed E-state index contributed by atoms with van der Waals surface area (Å²) in [5.41, 5.74) is 0.690. The summed E-state index contributed by atoms with van der Waals surface area (Å²) < 4.78 is 4.92. The predicted octanol–water partition coefficient (Wildman–Crippen LogP) is 5.36. The molecular formula is C28H41ClN2O4. The van der Waals surface area contributed by atoms with Gasteiger partial charge in [0.1, 0.15) is 0 Å². The minimum absolute atomic E-state index is 0.0703. The molecule has 194 valence electrons. The van der Waals surface area contributed by atoms with Crippen LogP contribution in [0.15, 0.2) is 18.2 Å². The fourth-order valence-electron chi connectivity index (χ4n) is 6.95. The van der Waals surface area contributed by atoms with E-state index < -0.39 is 11.0 Å². The molecule has 0 aliphatic heterocycles. The molecule has 0 radical (unpaired) electrons. The van der Waals surface area contributed by atoms with E-state index in [2.05, 4.69) is 43.5 Å². The van der Waals surface area contributed by atoms with E-state index in [0.29, 0.717) is 36.1 Å². The van der Waals surface area contributed by atoms with Gasteiger partial charge in [-0.3, -0.25) is 4.79 Å². The summed E-state index contributed by atoms with van der Waals surface area (Å²) in [5, 5.41) is 17.3. The molecule has 2 unspecified atom stereocenters. The van der Waals surface area contributed by atoms with Crippen LogP contribution in [0.2, 0.25) is 5.02 Å². The number of carbonyl (C=O) groups is 2. The minimum Gasteiger partial charge on any atom is -0.469 e. The van der Waals surface area contributed by atoms with Crippen LogP contribution < -0.4 is 10.6 Å². The zero-order valence-electron chi connectivity index (χ0n) is 22.1. The Labute approximate surface area is 214 Å². The standard InChI is InChI=1S/C28H41ClN2O4/c1-16(2)21(12-32)26(6,30-24(34)31-28-13-27(14-28,15-28)23(33)35-7)17-8-9-18(22(29)10-17)19-11-20(19)25(3,4)5/h8-10,16,19-21,32H,11-15H2,1-7H3,(H2,30,31,34)/t19-,20+,21?,26?,27?,28?/m0/s1. The van der Waals surface area contributed by atoms with E-state index in [1.165, 1.54) is 7.11 Å². The number of methoxy groups -OCH3 is 1. The number of carbonyl (C=O) groups excluding carboxylic acids is 2. The Balaban J connectivity index is 1.53. The van der Waals surface area contributed by atoms with Crippen molar-refractivity contribution in [3.05, 3.63) is 34.3 Å². The Morgan fingerprint density at radius 3 is 2.29 bits per heavy atom. The highest BCUT2D eigenvalue weighted by Gasteiger charge is 2.73. The highest BCUT2D eigenvalue weighted by molar-refractivity contribution is 6.31. The number of hydrogen-bond acceptors (Lipinski definition) is 4. The zero-order valence-corrected chi connectivity index (χ0v) is 22.9. The maximum Gasteiger partial charge on any atom is 0.315 e. The molecule has 0 aromatic heterocycles. The van der Waals surface area contributed by atoms with Gasteiger partial charge in [0.05, 0.1) is 18.1 Å². The summed E-state index contributed by atoms with van der Waals surface area (Å²) in [6.07, 6.45) is 2.98. The molecule has 7 heteroatoms. The smallest absolute Gasteiger partial charge is 0.315 e. The SMILES string of the molecule is COC(=O)C12CC(NC(=O)NC(C)(c3ccc([C@@H]4C[C@H]4C(C)(C)C)c(Cl)c3)C(CO)C(C)C)(C1)C2. The largest absolute Gasteiger partial charge is 0.469 e. The maximum atomic E-state index is 13.2. The number of benzene rings is 1. The van der Waals surface area contributed by atoms with Crippen molar-refractivity contribution in [1.29, 1.82) is 0 Å². The van der Waals surface area contributed by atoms with E-state index >= 15 is 0 Å². The van der Waals surface area contributed by atoms with Gasteiger partial charge in [0, 0.05) is 23.1 Å². The van der Waals surface area contributed by atoms with Gasteiger partial charge in [0.25, 0.3) is 0 Å². The summed E-state index contributed by atoms with van der Waals surface area (Å²) in [4.78, 5) is 25.2. The van der Waals surface area contributed by atoms with Crippen molar-refractivity contribution < 1.29 is 19.4 Å². The lowest BCUT2D eigenvalue weighted by atomic mass is 9.39. The van der Waals surface area contributed by atoms with Crippen molar-refractivity contribution >= 4 is 23.6 Å². The molecule has 4 aliphatic carbocycles. The second-order valence-corrected chi connectivity index (χ2v) is 13.4. The van der Waals surface area contributed by atoms with Gasteiger partial charge in [0.15, 0.2) is 0 Å². The van der Waals surface area contributed by atoms with Gasteiger partial charge >= 0.3 is 12.0 Å². The number of rotatable bonds is 8. The Kier molecular flexibility index (Phi) is 6.50. The van der Waals surface area contributed by atoms with Gasteiger partial charge in [-0.2, -0.15) is 0 Å². The average Bonchev–Trinajstić information content (AvgIpc) is 3.50. The lowest BCUT2D eigenvalue weighted by molar-refractivity contribution is -0.199. The molecule has 1 aromatic rings.